The molecule has 104 valence electrons. The van der Waals surface area contributed by atoms with E-state index in [0.717, 1.165) is 11.4 Å². The second kappa shape index (κ2) is 3.91. The molecule has 0 heterocycles. The van der Waals surface area contributed by atoms with Crippen LogP contribution in [0.3, 0.4) is 0 Å². The zero-order valence-electron chi connectivity index (χ0n) is 12.6. The van der Waals surface area contributed by atoms with Crippen LogP contribution in [0.15, 0.2) is 12.1 Å². The number of hydrogen-bond acceptors (Lipinski definition) is 2. The van der Waals surface area contributed by atoms with Gasteiger partial charge in [-0.05, 0) is 73.6 Å². The number of nitrogens with one attached hydrogen (secondary N) is 1. The molecule has 1 aromatic rings. The minimum Gasteiger partial charge on any atom is -0.397 e. The van der Waals surface area contributed by atoms with E-state index in [9.17, 15) is 0 Å². The van der Waals surface area contributed by atoms with E-state index in [-0.39, 0.29) is 0 Å². The molecule has 0 saturated heterocycles. The molecular weight excluding hydrogens is 232 g/mol. The van der Waals surface area contributed by atoms with Crippen molar-refractivity contribution in [3.05, 3.63) is 23.3 Å². The predicted molar refractivity (Wildman–Crippen MR) is 82.8 cm³/mol. The summed E-state index contributed by atoms with van der Waals surface area (Å²) in [7, 11) is 0. The van der Waals surface area contributed by atoms with E-state index in [1.165, 1.54) is 31.2 Å². The summed E-state index contributed by atoms with van der Waals surface area (Å²) in [6, 6.07) is 5.00. The molecular formula is C17H26N2. The lowest BCUT2D eigenvalue weighted by Crippen LogP contribution is -2.44. The summed E-state index contributed by atoms with van der Waals surface area (Å²) in [4.78, 5) is 0. The van der Waals surface area contributed by atoms with Crippen molar-refractivity contribution in [2.45, 2.75) is 70.3 Å². The van der Waals surface area contributed by atoms with Gasteiger partial charge in [0, 0.05) is 6.04 Å². The van der Waals surface area contributed by atoms with Crippen LogP contribution in [-0.4, -0.2) is 6.04 Å². The highest BCUT2D eigenvalue weighted by atomic mass is 14.9. The number of rotatable bonds is 2. The lowest BCUT2D eigenvalue weighted by molar-refractivity contribution is 0.188. The highest BCUT2D eigenvalue weighted by Crippen LogP contribution is 2.57. The van der Waals surface area contributed by atoms with Gasteiger partial charge in [-0.1, -0.05) is 13.8 Å². The number of fused-ring (bicyclic) bond motifs is 2. The molecule has 0 unspecified atom stereocenters. The minimum absolute atomic E-state index is 0.359. The third-order valence-electron chi connectivity index (χ3n) is 5.39. The van der Waals surface area contributed by atoms with Gasteiger partial charge in [-0.25, -0.2) is 0 Å². The van der Waals surface area contributed by atoms with Crippen LogP contribution in [-0.2, 0) is 10.8 Å². The van der Waals surface area contributed by atoms with E-state index in [4.69, 9.17) is 5.73 Å². The van der Waals surface area contributed by atoms with Crippen LogP contribution in [0, 0.1) is 0 Å². The summed E-state index contributed by atoms with van der Waals surface area (Å²) in [6.07, 6.45) is 5.27. The quantitative estimate of drug-likeness (QED) is 0.780. The largest absolute Gasteiger partial charge is 0.397 e. The molecule has 0 aromatic heterocycles. The van der Waals surface area contributed by atoms with Crippen molar-refractivity contribution < 1.29 is 0 Å². The average molecular weight is 258 g/mol. The second-order valence-corrected chi connectivity index (χ2v) is 7.41. The first-order valence-electron chi connectivity index (χ1n) is 7.55. The van der Waals surface area contributed by atoms with Gasteiger partial charge in [0.25, 0.3) is 0 Å². The van der Waals surface area contributed by atoms with Gasteiger partial charge in [0.05, 0.1) is 11.4 Å². The van der Waals surface area contributed by atoms with Gasteiger partial charge < -0.3 is 11.1 Å². The Morgan fingerprint density at radius 3 is 1.95 bits per heavy atom. The predicted octanol–water partition coefficient (Wildman–Crippen LogP) is 4.19. The smallest absolute Gasteiger partial charge is 0.0579 e. The molecule has 1 aromatic carbocycles. The van der Waals surface area contributed by atoms with E-state index in [1.54, 1.807) is 5.56 Å². The monoisotopic (exact) mass is 258 g/mol. The molecule has 0 spiro atoms. The lowest BCUT2D eigenvalue weighted by Gasteiger charge is -2.52. The number of benzene rings is 1. The van der Waals surface area contributed by atoms with Crippen LogP contribution in [0.25, 0.3) is 0 Å². The third kappa shape index (κ3) is 1.84. The number of anilines is 2. The Kier molecular flexibility index (Phi) is 2.64. The highest BCUT2D eigenvalue weighted by molar-refractivity contribution is 5.71. The van der Waals surface area contributed by atoms with E-state index in [1.807, 2.05) is 0 Å². The van der Waals surface area contributed by atoms with Gasteiger partial charge in [0.1, 0.15) is 0 Å². The van der Waals surface area contributed by atoms with Gasteiger partial charge in [-0.3, -0.25) is 0 Å². The molecule has 0 radical (unpaired) electrons. The molecule has 1 fully saturated rings. The molecule has 2 nitrogen and oxygen atoms in total. The molecule has 3 aliphatic rings. The fraction of sp³-hybridized carbons (Fsp3) is 0.647. The molecule has 19 heavy (non-hydrogen) atoms. The standard InChI is InChI=1S/C17H26N2/c1-11(2)19-15-10-13-12(9-14(15)18)16(3)5-7-17(13,4)8-6-16/h9-11,19H,5-8,18H2,1-4H3. The van der Waals surface area contributed by atoms with Crippen LogP contribution < -0.4 is 11.1 Å². The number of nitrogen functional groups attached to an aromatic ring is 1. The van der Waals surface area contributed by atoms with Gasteiger partial charge in [0.15, 0.2) is 0 Å². The maximum atomic E-state index is 6.26. The Hall–Kier alpha value is -1.18. The van der Waals surface area contributed by atoms with E-state index in [0.29, 0.717) is 16.9 Å². The number of nitrogens with two attached hydrogens (primary N) is 1. The second-order valence-electron chi connectivity index (χ2n) is 7.41. The zero-order chi connectivity index (χ0) is 13.8. The Bertz CT molecular complexity index is 508. The molecule has 0 atom stereocenters. The summed E-state index contributed by atoms with van der Waals surface area (Å²) >= 11 is 0. The van der Waals surface area contributed by atoms with Crippen molar-refractivity contribution in [3.8, 4) is 0 Å². The Balaban J connectivity index is 2.14. The van der Waals surface area contributed by atoms with E-state index < -0.39 is 0 Å². The minimum atomic E-state index is 0.359. The van der Waals surface area contributed by atoms with Crippen molar-refractivity contribution in [2.24, 2.45) is 0 Å². The molecule has 4 rings (SSSR count). The topological polar surface area (TPSA) is 38.0 Å². The molecule has 2 bridgehead atoms. The molecule has 3 aliphatic carbocycles. The van der Waals surface area contributed by atoms with Gasteiger partial charge >= 0.3 is 0 Å². The van der Waals surface area contributed by atoms with Crippen molar-refractivity contribution in [1.29, 1.82) is 0 Å². The fourth-order valence-electron chi connectivity index (χ4n) is 3.94. The summed E-state index contributed by atoms with van der Waals surface area (Å²) < 4.78 is 0. The summed E-state index contributed by atoms with van der Waals surface area (Å²) in [5, 5.41) is 3.49. The maximum Gasteiger partial charge on any atom is 0.0579 e. The first kappa shape index (κ1) is 12.8. The van der Waals surface area contributed by atoms with Crippen molar-refractivity contribution >= 4 is 11.4 Å². The molecule has 0 aliphatic heterocycles. The van der Waals surface area contributed by atoms with Gasteiger partial charge in [0.2, 0.25) is 0 Å². The van der Waals surface area contributed by atoms with Crippen LogP contribution in [0.4, 0.5) is 11.4 Å². The van der Waals surface area contributed by atoms with Crippen LogP contribution in [0.1, 0.15) is 64.5 Å². The Morgan fingerprint density at radius 1 is 1.00 bits per heavy atom. The van der Waals surface area contributed by atoms with Crippen molar-refractivity contribution in [3.63, 3.8) is 0 Å². The van der Waals surface area contributed by atoms with Crippen LogP contribution in [0.5, 0.6) is 0 Å². The normalized spacial score (nSPS) is 32.5. The fourth-order valence-corrected chi connectivity index (χ4v) is 3.94. The first-order valence-corrected chi connectivity index (χ1v) is 7.55. The van der Waals surface area contributed by atoms with Crippen LogP contribution in [0.2, 0.25) is 0 Å². The SMILES string of the molecule is CC(C)Nc1cc2c(cc1N)C1(C)CCC2(C)CC1. The summed E-state index contributed by atoms with van der Waals surface area (Å²) in [5.41, 5.74) is 12.1. The first-order chi connectivity index (χ1) is 8.84. The van der Waals surface area contributed by atoms with Crippen LogP contribution >= 0.6 is 0 Å². The van der Waals surface area contributed by atoms with Crippen molar-refractivity contribution in [2.75, 3.05) is 11.1 Å². The third-order valence-corrected chi connectivity index (χ3v) is 5.39. The van der Waals surface area contributed by atoms with E-state index >= 15 is 0 Å². The van der Waals surface area contributed by atoms with E-state index in [2.05, 4.69) is 45.1 Å². The zero-order valence-corrected chi connectivity index (χ0v) is 12.6. The summed E-state index contributed by atoms with van der Waals surface area (Å²) in [5.74, 6) is 0. The van der Waals surface area contributed by atoms with Gasteiger partial charge in [-0.2, -0.15) is 0 Å². The highest BCUT2D eigenvalue weighted by Gasteiger charge is 2.47. The Morgan fingerprint density at radius 2 is 1.47 bits per heavy atom. The molecule has 3 N–H and O–H groups in total. The number of hydrogen-bond donors (Lipinski definition) is 2. The summed E-state index contributed by atoms with van der Waals surface area (Å²) in [6.45, 7) is 9.17. The Labute approximate surface area is 116 Å². The molecule has 2 heteroatoms. The van der Waals surface area contributed by atoms with Gasteiger partial charge in [-0.15, -0.1) is 0 Å². The average Bonchev–Trinajstić information content (AvgIpc) is 2.33. The molecule has 1 saturated carbocycles. The molecule has 0 amide bonds. The maximum absolute atomic E-state index is 6.26. The lowest BCUT2D eigenvalue weighted by atomic mass is 9.52. The van der Waals surface area contributed by atoms with Crippen molar-refractivity contribution in [1.82, 2.24) is 0 Å².